The first-order valence-electron chi connectivity index (χ1n) is 6.62. The minimum absolute atomic E-state index is 0.428. The minimum atomic E-state index is -0.881. The van der Waals surface area contributed by atoms with Gasteiger partial charge in [0.25, 0.3) is 0 Å². The lowest BCUT2D eigenvalue weighted by Gasteiger charge is -2.34. The minimum Gasteiger partial charge on any atom is -0.340 e. The quantitative estimate of drug-likeness (QED) is 0.832. The van der Waals surface area contributed by atoms with Crippen LogP contribution in [0.3, 0.4) is 0 Å². The molecule has 1 saturated carbocycles. The number of nitrogens with one attached hydrogen (secondary N) is 1. The Morgan fingerprint density at radius 3 is 2.58 bits per heavy atom. The molecule has 3 rings (SSSR count). The number of nitrogens with zero attached hydrogens (tertiary/aromatic N) is 1. The third-order valence-electron chi connectivity index (χ3n) is 4.16. The third kappa shape index (κ3) is 2.12. The van der Waals surface area contributed by atoms with Crippen LogP contribution in [0.15, 0.2) is 12.1 Å². The number of aromatic nitrogens is 2. The average Bonchev–Trinajstić information content (AvgIpc) is 2.77. The molecular formula is C14H17F2N3. The predicted octanol–water partition coefficient (Wildman–Crippen LogP) is 3.21. The molecule has 2 aromatic rings. The number of aromatic amines is 1. The Labute approximate surface area is 110 Å². The molecule has 0 aliphatic heterocycles. The first-order chi connectivity index (χ1) is 8.98. The van der Waals surface area contributed by atoms with Gasteiger partial charge in [0.15, 0.2) is 11.6 Å². The van der Waals surface area contributed by atoms with Gasteiger partial charge >= 0.3 is 0 Å². The Hall–Kier alpha value is -1.49. The van der Waals surface area contributed by atoms with Crippen LogP contribution in [-0.2, 0) is 5.54 Å². The molecule has 0 atom stereocenters. The smallest absolute Gasteiger partial charge is 0.161 e. The summed E-state index contributed by atoms with van der Waals surface area (Å²) in [6, 6.07) is 2.25. The average molecular weight is 265 g/mol. The van der Waals surface area contributed by atoms with Gasteiger partial charge in [-0.15, -0.1) is 0 Å². The van der Waals surface area contributed by atoms with Crippen molar-refractivity contribution in [1.82, 2.24) is 9.97 Å². The zero-order valence-electron chi connectivity index (χ0n) is 10.8. The Balaban J connectivity index is 2.01. The maximum Gasteiger partial charge on any atom is 0.161 e. The van der Waals surface area contributed by atoms with Gasteiger partial charge in [-0.2, -0.15) is 0 Å². The van der Waals surface area contributed by atoms with Crippen LogP contribution in [0, 0.1) is 17.6 Å². The molecule has 3 nitrogen and oxygen atoms in total. The van der Waals surface area contributed by atoms with Crippen LogP contribution in [0.2, 0.25) is 0 Å². The van der Waals surface area contributed by atoms with Crippen molar-refractivity contribution in [1.29, 1.82) is 0 Å². The third-order valence-corrected chi connectivity index (χ3v) is 4.16. The van der Waals surface area contributed by atoms with Crippen molar-refractivity contribution in [3.8, 4) is 0 Å². The molecule has 0 saturated heterocycles. The number of hydrogen-bond donors (Lipinski definition) is 2. The molecule has 1 aromatic heterocycles. The number of nitrogens with two attached hydrogens (primary N) is 1. The van der Waals surface area contributed by atoms with Crippen molar-refractivity contribution >= 4 is 11.0 Å². The molecule has 1 aromatic carbocycles. The molecule has 1 aliphatic rings. The normalized spacial score (nSPS) is 27.9. The van der Waals surface area contributed by atoms with Gasteiger partial charge in [0, 0.05) is 12.1 Å². The van der Waals surface area contributed by atoms with E-state index in [2.05, 4.69) is 16.9 Å². The highest BCUT2D eigenvalue weighted by molar-refractivity contribution is 5.75. The van der Waals surface area contributed by atoms with E-state index in [0.717, 1.165) is 37.8 Å². The van der Waals surface area contributed by atoms with Gasteiger partial charge in [0.1, 0.15) is 5.82 Å². The number of H-pyrrole nitrogens is 1. The first kappa shape index (κ1) is 12.5. The Morgan fingerprint density at radius 2 is 1.89 bits per heavy atom. The summed E-state index contributed by atoms with van der Waals surface area (Å²) >= 11 is 0. The van der Waals surface area contributed by atoms with Crippen molar-refractivity contribution in [2.24, 2.45) is 11.7 Å². The molecule has 19 heavy (non-hydrogen) atoms. The predicted molar refractivity (Wildman–Crippen MR) is 69.5 cm³/mol. The molecule has 0 unspecified atom stereocenters. The highest BCUT2D eigenvalue weighted by Gasteiger charge is 2.34. The fourth-order valence-electron chi connectivity index (χ4n) is 2.75. The molecule has 102 valence electrons. The van der Waals surface area contributed by atoms with E-state index in [0.29, 0.717) is 22.8 Å². The van der Waals surface area contributed by atoms with E-state index in [1.54, 1.807) is 0 Å². The lowest BCUT2D eigenvalue weighted by Crippen LogP contribution is -2.41. The molecule has 0 spiro atoms. The van der Waals surface area contributed by atoms with Crippen molar-refractivity contribution in [2.45, 2.75) is 38.1 Å². The summed E-state index contributed by atoms with van der Waals surface area (Å²) in [5, 5.41) is 0. The summed E-state index contributed by atoms with van der Waals surface area (Å²) in [5.41, 5.74) is 6.83. The van der Waals surface area contributed by atoms with Crippen molar-refractivity contribution < 1.29 is 8.78 Å². The lowest BCUT2D eigenvalue weighted by atomic mass is 9.77. The molecule has 1 fully saturated rings. The molecule has 0 amide bonds. The van der Waals surface area contributed by atoms with E-state index in [1.165, 1.54) is 0 Å². The van der Waals surface area contributed by atoms with Gasteiger partial charge < -0.3 is 10.7 Å². The zero-order chi connectivity index (χ0) is 13.6. The van der Waals surface area contributed by atoms with Crippen LogP contribution in [0.5, 0.6) is 0 Å². The maximum atomic E-state index is 13.2. The second-order valence-corrected chi connectivity index (χ2v) is 5.71. The number of imidazole rings is 1. The summed E-state index contributed by atoms with van der Waals surface area (Å²) in [7, 11) is 0. The van der Waals surface area contributed by atoms with E-state index < -0.39 is 17.2 Å². The molecular weight excluding hydrogens is 248 g/mol. The van der Waals surface area contributed by atoms with Crippen LogP contribution >= 0.6 is 0 Å². The van der Waals surface area contributed by atoms with Gasteiger partial charge in [-0.1, -0.05) is 6.92 Å². The molecule has 1 aliphatic carbocycles. The summed E-state index contributed by atoms with van der Waals surface area (Å²) in [5.74, 6) is -0.435. The van der Waals surface area contributed by atoms with E-state index >= 15 is 0 Å². The van der Waals surface area contributed by atoms with Crippen LogP contribution in [0.4, 0.5) is 8.78 Å². The van der Waals surface area contributed by atoms with Gasteiger partial charge in [-0.3, -0.25) is 0 Å². The molecule has 1 heterocycles. The SMILES string of the molecule is CC1CCC(N)(c2nc3cc(F)c(F)cc3[nH]2)CC1. The van der Waals surface area contributed by atoms with Gasteiger partial charge in [-0.25, -0.2) is 13.8 Å². The fourth-order valence-corrected chi connectivity index (χ4v) is 2.75. The first-order valence-corrected chi connectivity index (χ1v) is 6.62. The molecule has 3 N–H and O–H groups in total. The second kappa shape index (κ2) is 4.27. The van der Waals surface area contributed by atoms with Crippen LogP contribution in [-0.4, -0.2) is 9.97 Å². The highest BCUT2D eigenvalue weighted by atomic mass is 19.2. The van der Waals surface area contributed by atoms with E-state index in [-0.39, 0.29) is 0 Å². The van der Waals surface area contributed by atoms with Crippen LogP contribution in [0.1, 0.15) is 38.4 Å². The number of rotatable bonds is 1. The topological polar surface area (TPSA) is 54.7 Å². The Morgan fingerprint density at radius 1 is 1.26 bits per heavy atom. The highest BCUT2D eigenvalue weighted by Crippen LogP contribution is 2.36. The van der Waals surface area contributed by atoms with Gasteiger partial charge in [0.05, 0.1) is 16.6 Å². The molecule has 5 heteroatoms. The standard InChI is InChI=1S/C14H17F2N3/c1-8-2-4-14(17,5-3-8)13-18-11-6-9(15)10(16)7-12(11)19-13/h6-8H,2-5,17H2,1H3,(H,18,19). The number of fused-ring (bicyclic) bond motifs is 1. The Kier molecular flexibility index (Phi) is 2.82. The maximum absolute atomic E-state index is 13.2. The summed E-state index contributed by atoms with van der Waals surface area (Å²) in [6.07, 6.45) is 3.80. The van der Waals surface area contributed by atoms with E-state index in [4.69, 9.17) is 5.73 Å². The van der Waals surface area contributed by atoms with Crippen LogP contribution < -0.4 is 5.73 Å². The van der Waals surface area contributed by atoms with Gasteiger partial charge in [-0.05, 0) is 31.6 Å². The number of benzene rings is 1. The van der Waals surface area contributed by atoms with Gasteiger partial charge in [0.2, 0.25) is 0 Å². The second-order valence-electron chi connectivity index (χ2n) is 5.71. The van der Waals surface area contributed by atoms with E-state index in [1.807, 2.05) is 0 Å². The zero-order valence-corrected chi connectivity index (χ0v) is 10.8. The summed E-state index contributed by atoms with van der Waals surface area (Å²) in [4.78, 5) is 7.39. The van der Waals surface area contributed by atoms with Crippen molar-refractivity contribution in [3.05, 3.63) is 29.6 Å². The fraction of sp³-hybridized carbons (Fsp3) is 0.500. The summed E-state index contributed by atoms with van der Waals surface area (Å²) < 4.78 is 26.4. The van der Waals surface area contributed by atoms with E-state index in [9.17, 15) is 8.78 Å². The van der Waals surface area contributed by atoms with Crippen molar-refractivity contribution in [3.63, 3.8) is 0 Å². The van der Waals surface area contributed by atoms with Crippen molar-refractivity contribution in [2.75, 3.05) is 0 Å². The number of halogens is 2. The van der Waals surface area contributed by atoms with Crippen LogP contribution in [0.25, 0.3) is 11.0 Å². The number of hydrogen-bond acceptors (Lipinski definition) is 2. The molecule has 0 bridgehead atoms. The largest absolute Gasteiger partial charge is 0.340 e. The monoisotopic (exact) mass is 265 g/mol. The Bertz CT molecular complexity index is 573. The summed E-state index contributed by atoms with van der Waals surface area (Å²) in [6.45, 7) is 2.21. The lowest BCUT2D eigenvalue weighted by molar-refractivity contribution is 0.238. The molecule has 0 radical (unpaired) electrons.